The third-order valence-electron chi connectivity index (χ3n) is 8.34. The number of furan rings is 1. The number of rotatable bonds is 2. The largest absolute Gasteiger partial charge is 0.454 e. The molecule has 1 aliphatic rings. The SMILES string of the molecule is Cc1ccc2c(oc3c(C#N)c(-c4ccc5c(c4)C(C)(C)c4ccccc4-5)ccc32)c1-c1cccc[n+]1C. The Morgan fingerprint density at radius 3 is 2.29 bits per heavy atom. The Morgan fingerprint density at radius 2 is 1.47 bits per heavy atom. The van der Waals surface area contributed by atoms with Gasteiger partial charge in [-0.3, -0.25) is 0 Å². The van der Waals surface area contributed by atoms with Gasteiger partial charge in [0.05, 0.1) is 5.56 Å². The van der Waals surface area contributed by atoms with E-state index in [2.05, 4.69) is 104 Å². The van der Waals surface area contributed by atoms with Crippen molar-refractivity contribution >= 4 is 21.9 Å². The lowest BCUT2D eigenvalue weighted by atomic mass is 9.81. The molecule has 0 aliphatic heterocycles. The number of aryl methyl sites for hydroxylation is 2. The van der Waals surface area contributed by atoms with E-state index in [4.69, 9.17) is 4.42 Å². The zero-order valence-electron chi connectivity index (χ0n) is 22.0. The summed E-state index contributed by atoms with van der Waals surface area (Å²) in [5, 5.41) is 12.4. The van der Waals surface area contributed by atoms with Gasteiger partial charge in [-0.2, -0.15) is 5.26 Å². The summed E-state index contributed by atoms with van der Waals surface area (Å²) >= 11 is 0. The monoisotopic (exact) mass is 491 g/mol. The fourth-order valence-electron chi connectivity index (χ4n) is 6.33. The predicted octanol–water partition coefficient (Wildman–Crippen LogP) is 8.23. The van der Waals surface area contributed by atoms with Gasteiger partial charge >= 0.3 is 0 Å². The zero-order valence-corrected chi connectivity index (χ0v) is 22.0. The van der Waals surface area contributed by atoms with E-state index < -0.39 is 0 Å². The lowest BCUT2D eigenvalue weighted by Crippen LogP contribution is -2.30. The van der Waals surface area contributed by atoms with Gasteiger partial charge in [-0.25, -0.2) is 4.57 Å². The molecule has 0 fully saturated rings. The zero-order chi connectivity index (χ0) is 26.2. The minimum Gasteiger partial charge on any atom is -0.454 e. The summed E-state index contributed by atoms with van der Waals surface area (Å²) < 4.78 is 8.71. The van der Waals surface area contributed by atoms with E-state index in [1.165, 1.54) is 22.3 Å². The maximum absolute atomic E-state index is 10.4. The number of hydrogen-bond acceptors (Lipinski definition) is 2. The lowest BCUT2D eigenvalue weighted by Gasteiger charge is -2.22. The molecule has 0 saturated carbocycles. The van der Waals surface area contributed by atoms with Gasteiger partial charge in [0, 0.05) is 33.9 Å². The molecule has 1 aliphatic carbocycles. The van der Waals surface area contributed by atoms with Crippen LogP contribution in [0.5, 0.6) is 0 Å². The Labute approximate surface area is 222 Å². The normalized spacial score (nSPS) is 13.4. The average molecular weight is 492 g/mol. The Bertz CT molecular complexity index is 1980. The van der Waals surface area contributed by atoms with Crippen molar-refractivity contribution in [3.05, 3.63) is 113 Å². The predicted molar refractivity (Wildman–Crippen MR) is 153 cm³/mol. The van der Waals surface area contributed by atoms with Crippen LogP contribution in [0.3, 0.4) is 0 Å². The van der Waals surface area contributed by atoms with E-state index in [0.717, 1.165) is 44.3 Å². The molecule has 3 nitrogen and oxygen atoms in total. The number of pyridine rings is 1. The van der Waals surface area contributed by atoms with Crippen LogP contribution >= 0.6 is 0 Å². The fraction of sp³-hybridized carbons (Fsp3) is 0.143. The van der Waals surface area contributed by atoms with Crippen molar-refractivity contribution in [3.63, 3.8) is 0 Å². The van der Waals surface area contributed by atoms with Crippen molar-refractivity contribution < 1.29 is 8.98 Å². The van der Waals surface area contributed by atoms with E-state index in [9.17, 15) is 5.26 Å². The van der Waals surface area contributed by atoms with Crippen LogP contribution in [0.1, 0.15) is 36.1 Å². The number of fused-ring (bicyclic) bond motifs is 6. The molecule has 0 unspecified atom stereocenters. The second-order valence-corrected chi connectivity index (χ2v) is 10.8. The van der Waals surface area contributed by atoms with Gasteiger partial charge in [-0.1, -0.05) is 68.4 Å². The molecule has 0 N–H and O–H groups in total. The van der Waals surface area contributed by atoms with E-state index in [1.54, 1.807) is 0 Å². The molecule has 6 aromatic rings. The average Bonchev–Trinajstić information content (AvgIpc) is 3.41. The van der Waals surface area contributed by atoms with Crippen LogP contribution in [0.2, 0.25) is 0 Å². The van der Waals surface area contributed by atoms with Crippen molar-refractivity contribution in [2.75, 3.05) is 0 Å². The maximum atomic E-state index is 10.4. The van der Waals surface area contributed by atoms with Crippen LogP contribution < -0.4 is 4.57 Å². The molecule has 0 amide bonds. The molecule has 0 saturated heterocycles. The Hall–Kier alpha value is -4.68. The van der Waals surface area contributed by atoms with Crippen LogP contribution in [-0.2, 0) is 12.5 Å². The highest BCUT2D eigenvalue weighted by atomic mass is 16.3. The van der Waals surface area contributed by atoms with Crippen molar-refractivity contribution in [1.82, 2.24) is 0 Å². The van der Waals surface area contributed by atoms with Crippen molar-refractivity contribution in [3.8, 4) is 39.6 Å². The first-order valence-corrected chi connectivity index (χ1v) is 13.0. The molecule has 0 spiro atoms. The summed E-state index contributed by atoms with van der Waals surface area (Å²) in [4.78, 5) is 0. The summed E-state index contributed by atoms with van der Waals surface area (Å²) in [6.07, 6.45) is 2.04. The Kier molecular flexibility index (Phi) is 4.68. The molecule has 2 aromatic heterocycles. The van der Waals surface area contributed by atoms with Gasteiger partial charge in [0.25, 0.3) is 0 Å². The van der Waals surface area contributed by atoms with E-state index in [1.807, 2.05) is 25.4 Å². The maximum Gasteiger partial charge on any atom is 0.216 e. The first kappa shape index (κ1) is 22.5. The topological polar surface area (TPSA) is 40.8 Å². The van der Waals surface area contributed by atoms with Crippen LogP contribution in [0.25, 0.3) is 55.4 Å². The quantitative estimate of drug-likeness (QED) is 0.229. The second kappa shape index (κ2) is 7.91. The standard InChI is InChI=1S/C35H27N2O/c1-21-12-14-27-26-17-16-23(22-13-15-25-24-9-5-6-10-29(24)35(2,3)30(25)19-22)28(20-36)33(26)38-34(27)32(21)31-11-7-8-18-37(31)4/h5-19H,1-4H3/q+1. The molecule has 182 valence electrons. The minimum atomic E-state index is -0.101. The molecule has 0 bridgehead atoms. The molecular weight excluding hydrogens is 464 g/mol. The highest BCUT2D eigenvalue weighted by Crippen LogP contribution is 2.50. The first-order valence-electron chi connectivity index (χ1n) is 13.0. The molecule has 2 heterocycles. The third-order valence-corrected chi connectivity index (χ3v) is 8.34. The molecule has 3 heteroatoms. The summed E-state index contributed by atoms with van der Waals surface area (Å²) in [6.45, 7) is 6.67. The number of benzene rings is 4. The van der Waals surface area contributed by atoms with Crippen LogP contribution in [0, 0.1) is 18.3 Å². The Morgan fingerprint density at radius 1 is 0.763 bits per heavy atom. The summed E-state index contributed by atoms with van der Waals surface area (Å²) in [5.41, 5.74) is 12.4. The highest BCUT2D eigenvalue weighted by molar-refractivity contribution is 6.12. The summed E-state index contributed by atoms with van der Waals surface area (Å²) in [7, 11) is 2.04. The molecular formula is C35H27N2O+. The van der Waals surface area contributed by atoms with Crippen molar-refractivity contribution in [2.24, 2.45) is 7.05 Å². The summed E-state index contributed by atoms with van der Waals surface area (Å²) in [5.74, 6) is 0. The molecule has 0 radical (unpaired) electrons. The van der Waals surface area contributed by atoms with Crippen LogP contribution in [0.15, 0.2) is 95.5 Å². The van der Waals surface area contributed by atoms with E-state index in [-0.39, 0.29) is 5.41 Å². The minimum absolute atomic E-state index is 0.101. The molecule has 38 heavy (non-hydrogen) atoms. The van der Waals surface area contributed by atoms with Gasteiger partial charge in [0.15, 0.2) is 11.8 Å². The van der Waals surface area contributed by atoms with E-state index in [0.29, 0.717) is 11.1 Å². The van der Waals surface area contributed by atoms with Gasteiger partial charge in [-0.15, -0.1) is 0 Å². The van der Waals surface area contributed by atoms with Gasteiger partial charge in [-0.05, 0) is 58.5 Å². The van der Waals surface area contributed by atoms with Gasteiger partial charge in [0.1, 0.15) is 24.3 Å². The van der Waals surface area contributed by atoms with Crippen molar-refractivity contribution in [2.45, 2.75) is 26.2 Å². The molecule has 4 aromatic carbocycles. The lowest BCUT2D eigenvalue weighted by molar-refractivity contribution is -0.660. The Balaban J connectivity index is 1.47. The van der Waals surface area contributed by atoms with Crippen LogP contribution in [0.4, 0.5) is 0 Å². The number of nitriles is 1. The van der Waals surface area contributed by atoms with E-state index >= 15 is 0 Å². The summed E-state index contributed by atoms with van der Waals surface area (Å²) in [6, 6.07) is 32.4. The third kappa shape index (κ3) is 2.98. The fourth-order valence-corrected chi connectivity index (χ4v) is 6.33. The second-order valence-electron chi connectivity index (χ2n) is 10.8. The number of hydrogen-bond donors (Lipinski definition) is 0. The van der Waals surface area contributed by atoms with Gasteiger partial charge < -0.3 is 4.42 Å². The number of aromatic nitrogens is 1. The number of nitrogens with zero attached hydrogens (tertiary/aromatic N) is 2. The molecule has 0 atom stereocenters. The van der Waals surface area contributed by atoms with Crippen molar-refractivity contribution in [1.29, 1.82) is 5.26 Å². The smallest absolute Gasteiger partial charge is 0.216 e. The first-order chi connectivity index (χ1) is 18.4. The highest BCUT2D eigenvalue weighted by Gasteiger charge is 2.35. The molecule has 7 rings (SSSR count). The van der Waals surface area contributed by atoms with Crippen LogP contribution in [-0.4, -0.2) is 0 Å². The van der Waals surface area contributed by atoms with Gasteiger partial charge in [0.2, 0.25) is 5.69 Å².